The molecule has 0 bridgehead atoms. The average molecular weight is 206 g/mol. The molecule has 0 aliphatic heterocycles. The first-order valence-electron chi connectivity index (χ1n) is 5.24. The third kappa shape index (κ3) is 4.61. The first kappa shape index (κ1) is 11.7. The number of nitrogens with one attached hydrogen (secondary N) is 1. The van der Waals surface area contributed by atoms with Crippen LogP contribution in [0.2, 0.25) is 0 Å². The molecule has 0 saturated heterocycles. The summed E-state index contributed by atoms with van der Waals surface area (Å²) in [5.74, 6) is -0.344. The van der Waals surface area contributed by atoms with Gasteiger partial charge < -0.3 is 11.1 Å². The van der Waals surface area contributed by atoms with Crippen molar-refractivity contribution in [2.24, 2.45) is 11.7 Å². The zero-order valence-electron chi connectivity index (χ0n) is 9.07. The Morgan fingerprint density at radius 2 is 2.07 bits per heavy atom. The summed E-state index contributed by atoms with van der Waals surface area (Å²) in [5, 5.41) is 3.21. The normalized spacial score (nSPS) is 12.3. The van der Waals surface area contributed by atoms with Crippen molar-refractivity contribution in [3.8, 4) is 0 Å². The quantitative estimate of drug-likeness (QED) is 0.681. The van der Waals surface area contributed by atoms with Crippen LogP contribution in [0.5, 0.6) is 0 Å². The molecule has 0 aliphatic carbocycles. The van der Waals surface area contributed by atoms with E-state index in [1.54, 1.807) is 0 Å². The fraction of sp³-hybridized carbons (Fsp3) is 0.417. The number of carbonyl (C=O) groups excluding carboxylic acids is 1. The zero-order chi connectivity index (χ0) is 11.1. The molecule has 0 heterocycles. The molecule has 3 heteroatoms. The van der Waals surface area contributed by atoms with Gasteiger partial charge in [-0.2, -0.15) is 0 Å². The SMILES string of the molecule is CC(CNCCc1ccccc1)C(N)=O. The molecular formula is C12H18N2O. The largest absolute Gasteiger partial charge is 0.369 e. The smallest absolute Gasteiger partial charge is 0.221 e. The first-order valence-corrected chi connectivity index (χ1v) is 5.24. The monoisotopic (exact) mass is 206 g/mol. The van der Waals surface area contributed by atoms with Gasteiger partial charge in [-0.25, -0.2) is 0 Å². The maximum Gasteiger partial charge on any atom is 0.221 e. The van der Waals surface area contributed by atoms with Gasteiger partial charge in [0.1, 0.15) is 0 Å². The summed E-state index contributed by atoms with van der Waals surface area (Å²) in [4.78, 5) is 10.7. The second-order valence-electron chi connectivity index (χ2n) is 3.74. The maximum atomic E-state index is 10.7. The van der Waals surface area contributed by atoms with E-state index in [0.29, 0.717) is 6.54 Å². The Labute approximate surface area is 90.7 Å². The van der Waals surface area contributed by atoms with Crippen LogP contribution in [0.1, 0.15) is 12.5 Å². The molecule has 0 saturated carbocycles. The van der Waals surface area contributed by atoms with Crippen LogP contribution in [-0.4, -0.2) is 19.0 Å². The molecule has 0 aromatic heterocycles. The van der Waals surface area contributed by atoms with Crippen molar-refractivity contribution in [2.45, 2.75) is 13.3 Å². The van der Waals surface area contributed by atoms with Gasteiger partial charge in [0.2, 0.25) is 5.91 Å². The molecule has 1 aromatic rings. The Hall–Kier alpha value is -1.35. The van der Waals surface area contributed by atoms with Gasteiger partial charge >= 0.3 is 0 Å². The molecular weight excluding hydrogens is 188 g/mol. The first-order chi connectivity index (χ1) is 7.20. The lowest BCUT2D eigenvalue weighted by Crippen LogP contribution is -2.31. The molecule has 1 rings (SSSR count). The van der Waals surface area contributed by atoms with Gasteiger partial charge in [-0.1, -0.05) is 37.3 Å². The molecule has 1 unspecified atom stereocenters. The predicted octanol–water partition coefficient (Wildman–Crippen LogP) is 0.940. The summed E-state index contributed by atoms with van der Waals surface area (Å²) in [7, 11) is 0. The fourth-order valence-electron chi connectivity index (χ4n) is 1.30. The van der Waals surface area contributed by atoms with Gasteiger partial charge in [0, 0.05) is 12.5 Å². The van der Waals surface area contributed by atoms with Crippen LogP contribution in [0, 0.1) is 5.92 Å². The van der Waals surface area contributed by atoms with Crippen LogP contribution < -0.4 is 11.1 Å². The molecule has 3 N–H and O–H groups in total. The average Bonchev–Trinajstić information content (AvgIpc) is 2.25. The number of amides is 1. The van der Waals surface area contributed by atoms with Gasteiger partial charge in [-0.05, 0) is 18.5 Å². The molecule has 0 aliphatic rings. The van der Waals surface area contributed by atoms with Crippen LogP contribution in [0.15, 0.2) is 30.3 Å². The van der Waals surface area contributed by atoms with Crippen molar-refractivity contribution >= 4 is 5.91 Å². The Balaban J connectivity index is 2.15. The molecule has 0 fully saturated rings. The van der Waals surface area contributed by atoms with Crippen LogP contribution in [0.4, 0.5) is 0 Å². The summed E-state index contributed by atoms with van der Waals surface area (Å²) in [5.41, 5.74) is 6.45. The van der Waals surface area contributed by atoms with Crippen LogP contribution in [-0.2, 0) is 11.2 Å². The molecule has 1 amide bonds. The summed E-state index contributed by atoms with van der Waals surface area (Å²) in [6.45, 7) is 3.36. The van der Waals surface area contributed by atoms with Gasteiger partial charge in [0.25, 0.3) is 0 Å². The van der Waals surface area contributed by atoms with E-state index < -0.39 is 0 Å². The summed E-state index contributed by atoms with van der Waals surface area (Å²) in [6.07, 6.45) is 0.978. The second-order valence-corrected chi connectivity index (χ2v) is 3.74. The van der Waals surface area contributed by atoms with Gasteiger partial charge in [-0.15, -0.1) is 0 Å². The van der Waals surface area contributed by atoms with Crippen molar-refractivity contribution in [3.05, 3.63) is 35.9 Å². The van der Waals surface area contributed by atoms with Gasteiger partial charge in [-0.3, -0.25) is 4.79 Å². The van der Waals surface area contributed by atoms with E-state index in [-0.39, 0.29) is 11.8 Å². The second kappa shape index (κ2) is 6.19. The van der Waals surface area contributed by atoms with Gasteiger partial charge in [0.05, 0.1) is 0 Å². The number of hydrogen-bond donors (Lipinski definition) is 2. The van der Waals surface area contributed by atoms with Gasteiger partial charge in [0.15, 0.2) is 0 Å². The van der Waals surface area contributed by atoms with E-state index in [9.17, 15) is 4.79 Å². The zero-order valence-corrected chi connectivity index (χ0v) is 9.07. The molecule has 3 nitrogen and oxygen atoms in total. The molecule has 15 heavy (non-hydrogen) atoms. The Morgan fingerprint density at radius 3 is 2.67 bits per heavy atom. The van der Waals surface area contributed by atoms with Crippen molar-refractivity contribution in [2.75, 3.05) is 13.1 Å². The van der Waals surface area contributed by atoms with Crippen molar-refractivity contribution in [1.29, 1.82) is 0 Å². The van der Waals surface area contributed by atoms with Crippen molar-refractivity contribution < 1.29 is 4.79 Å². The van der Waals surface area contributed by atoms with Crippen LogP contribution in [0.3, 0.4) is 0 Å². The third-order valence-electron chi connectivity index (χ3n) is 2.37. The summed E-state index contributed by atoms with van der Waals surface area (Å²) < 4.78 is 0. The van der Waals surface area contributed by atoms with E-state index in [4.69, 9.17) is 5.73 Å². The lowest BCUT2D eigenvalue weighted by molar-refractivity contribution is -0.121. The minimum absolute atomic E-state index is 0.0965. The lowest BCUT2D eigenvalue weighted by atomic mass is 10.1. The van der Waals surface area contributed by atoms with E-state index in [1.165, 1.54) is 5.56 Å². The highest BCUT2D eigenvalue weighted by atomic mass is 16.1. The molecule has 0 radical (unpaired) electrons. The highest BCUT2D eigenvalue weighted by Gasteiger charge is 2.06. The molecule has 82 valence electrons. The van der Waals surface area contributed by atoms with E-state index in [0.717, 1.165) is 13.0 Å². The highest BCUT2D eigenvalue weighted by molar-refractivity contribution is 5.76. The molecule has 1 aromatic carbocycles. The van der Waals surface area contributed by atoms with Crippen LogP contribution in [0.25, 0.3) is 0 Å². The number of nitrogens with two attached hydrogens (primary N) is 1. The number of hydrogen-bond acceptors (Lipinski definition) is 2. The van der Waals surface area contributed by atoms with Crippen LogP contribution >= 0.6 is 0 Å². The van der Waals surface area contributed by atoms with Crippen molar-refractivity contribution in [1.82, 2.24) is 5.32 Å². The number of benzene rings is 1. The Bertz CT molecular complexity index is 298. The molecule has 0 spiro atoms. The predicted molar refractivity (Wildman–Crippen MR) is 61.4 cm³/mol. The Kier molecular flexibility index (Phi) is 4.84. The minimum Gasteiger partial charge on any atom is -0.369 e. The number of rotatable bonds is 6. The number of carbonyl (C=O) groups is 1. The van der Waals surface area contributed by atoms with Crippen molar-refractivity contribution in [3.63, 3.8) is 0 Å². The van der Waals surface area contributed by atoms with E-state index in [2.05, 4.69) is 17.4 Å². The van der Waals surface area contributed by atoms with E-state index in [1.807, 2.05) is 25.1 Å². The van der Waals surface area contributed by atoms with E-state index >= 15 is 0 Å². The topological polar surface area (TPSA) is 55.1 Å². The summed E-state index contributed by atoms with van der Waals surface area (Å²) in [6, 6.07) is 10.3. The lowest BCUT2D eigenvalue weighted by Gasteiger charge is -2.08. The summed E-state index contributed by atoms with van der Waals surface area (Å²) >= 11 is 0. The minimum atomic E-state index is -0.248. The standard InChI is InChI=1S/C12H18N2O/c1-10(12(13)15)9-14-8-7-11-5-3-2-4-6-11/h2-6,10,14H,7-9H2,1H3,(H2,13,15). The number of primary amides is 1. The fourth-order valence-corrected chi connectivity index (χ4v) is 1.30. The molecule has 1 atom stereocenters. The maximum absolute atomic E-state index is 10.7. The highest BCUT2D eigenvalue weighted by Crippen LogP contribution is 1.98. The third-order valence-corrected chi connectivity index (χ3v) is 2.37. The Morgan fingerprint density at radius 1 is 1.40 bits per heavy atom.